The lowest BCUT2D eigenvalue weighted by molar-refractivity contribution is -0.156. The number of anilines is 6. The summed E-state index contributed by atoms with van der Waals surface area (Å²) < 4.78 is 31.2. The van der Waals surface area contributed by atoms with E-state index in [0.717, 1.165) is 57.5 Å². The molecule has 43 heavy (non-hydrogen) atoms. The lowest BCUT2D eigenvalue weighted by atomic mass is 10.0. The van der Waals surface area contributed by atoms with E-state index in [-0.39, 0.29) is 6.03 Å². The minimum absolute atomic E-state index is 0.300. The number of hydrogen-bond donors (Lipinski definition) is 4. The maximum atomic E-state index is 13.0. The van der Waals surface area contributed by atoms with Crippen LogP contribution >= 0.6 is 11.6 Å². The first-order chi connectivity index (χ1) is 20.7. The van der Waals surface area contributed by atoms with E-state index in [1.807, 2.05) is 72.8 Å². The first-order valence-electron chi connectivity index (χ1n) is 13.0. The molecule has 0 spiro atoms. The number of carbonyl (C=O) groups excluding carboxylic acids is 2. The highest BCUT2D eigenvalue weighted by atomic mass is 35.5. The Morgan fingerprint density at radius 3 is 2.40 bits per heavy atom. The van der Waals surface area contributed by atoms with Gasteiger partial charge in [0.2, 0.25) is 12.2 Å². The van der Waals surface area contributed by atoms with E-state index in [9.17, 15) is 18.0 Å². The fourth-order valence-electron chi connectivity index (χ4n) is 4.47. The van der Waals surface area contributed by atoms with Crippen LogP contribution in [0.4, 0.5) is 52.5 Å². The summed E-state index contributed by atoms with van der Waals surface area (Å²) in [6.07, 6.45) is -2.62. The number of urea groups is 1. The Morgan fingerprint density at radius 1 is 0.860 bits per heavy atom. The van der Waals surface area contributed by atoms with Gasteiger partial charge in [-0.2, -0.15) is 18.2 Å². The number of alkyl halides is 3. The third-order valence-corrected chi connectivity index (χ3v) is 6.67. The number of aryl methyl sites for hydroxylation is 2. The predicted molar refractivity (Wildman–Crippen MR) is 163 cm³/mol. The lowest BCUT2D eigenvalue weighted by Crippen LogP contribution is -2.20. The summed E-state index contributed by atoms with van der Waals surface area (Å²) in [5.74, 6) is 0.946. The molecule has 12 heteroatoms. The summed E-state index contributed by atoms with van der Waals surface area (Å²) in [6.45, 7) is 0. The molecule has 218 valence electrons. The first kappa shape index (κ1) is 29.3. The van der Waals surface area contributed by atoms with Crippen molar-refractivity contribution in [3.05, 3.63) is 107 Å². The normalized spacial score (nSPS) is 12.1. The van der Waals surface area contributed by atoms with Gasteiger partial charge >= 0.3 is 12.2 Å². The smallest absolute Gasteiger partial charge is 0.339 e. The number of rotatable bonds is 2. The Balaban J connectivity index is 0.000000559. The van der Waals surface area contributed by atoms with Crippen molar-refractivity contribution >= 4 is 69.2 Å². The molecule has 4 aromatic carbocycles. The molecule has 2 amide bonds. The van der Waals surface area contributed by atoms with Gasteiger partial charge in [-0.05, 0) is 65.8 Å². The molecule has 0 saturated carbocycles. The SMILES string of the molecule is O=C(Nc1ccc2cc1CCc1cccc(c1)Nc1ncc(Cl)c(n1)N2)Nc1cccc2ccccc12.O=CC(F)(F)F. The average Bonchev–Trinajstić information content (AvgIpc) is 2.99. The van der Waals surface area contributed by atoms with Gasteiger partial charge in [-0.25, -0.2) is 9.78 Å². The van der Waals surface area contributed by atoms with Crippen molar-refractivity contribution in [1.82, 2.24) is 9.97 Å². The van der Waals surface area contributed by atoms with E-state index in [4.69, 9.17) is 16.4 Å². The Morgan fingerprint density at radius 2 is 1.58 bits per heavy atom. The third kappa shape index (κ3) is 7.77. The molecule has 1 aliphatic heterocycles. The van der Waals surface area contributed by atoms with Crippen LogP contribution in [0.3, 0.4) is 0 Å². The number of carbonyl (C=O) groups is 2. The zero-order valence-corrected chi connectivity index (χ0v) is 23.1. The van der Waals surface area contributed by atoms with Gasteiger partial charge in [0.25, 0.3) is 0 Å². The van der Waals surface area contributed by atoms with Crippen molar-refractivity contribution in [3.63, 3.8) is 0 Å². The first-order valence-corrected chi connectivity index (χ1v) is 13.4. The van der Waals surface area contributed by atoms with Crippen molar-refractivity contribution in [2.75, 3.05) is 21.3 Å². The zero-order valence-electron chi connectivity index (χ0n) is 22.4. The number of aromatic nitrogens is 2. The third-order valence-electron chi connectivity index (χ3n) is 6.40. The number of nitrogens with zero attached hydrogens (tertiary/aromatic N) is 2. The quantitative estimate of drug-likeness (QED) is 0.151. The van der Waals surface area contributed by atoms with Crippen molar-refractivity contribution < 1.29 is 22.8 Å². The molecular weight excluding hydrogens is 581 g/mol. The monoisotopic (exact) mass is 604 g/mol. The number of amides is 2. The zero-order chi connectivity index (χ0) is 30.4. The highest BCUT2D eigenvalue weighted by molar-refractivity contribution is 6.32. The second kappa shape index (κ2) is 12.8. The van der Waals surface area contributed by atoms with E-state index < -0.39 is 12.5 Å². The summed E-state index contributed by atoms with van der Waals surface area (Å²) in [6, 6.07) is 27.5. The summed E-state index contributed by atoms with van der Waals surface area (Å²) in [7, 11) is 0. The molecule has 0 fully saturated rings. The molecule has 4 N–H and O–H groups in total. The van der Waals surface area contributed by atoms with Crippen LogP contribution in [0, 0.1) is 0 Å². The van der Waals surface area contributed by atoms with Crippen LogP contribution in [0.1, 0.15) is 11.1 Å². The van der Waals surface area contributed by atoms with Crippen LogP contribution in [0.2, 0.25) is 5.02 Å². The van der Waals surface area contributed by atoms with Gasteiger partial charge in [-0.1, -0.05) is 60.1 Å². The van der Waals surface area contributed by atoms with Gasteiger partial charge < -0.3 is 21.3 Å². The van der Waals surface area contributed by atoms with E-state index in [1.54, 1.807) is 6.20 Å². The molecule has 5 aromatic rings. The Kier molecular flexibility index (Phi) is 8.72. The van der Waals surface area contributed by atoms with Crippen LogP contribution in [0.25, 0.3) is 10.8 Å². The van der Waals surface area contributed by atoms with Crippen molar-refractivity contribution in [2.45, 2.75) is 19.0 Å². The van der Waals surface area contributed by atoms with Crippen LogP contribution < -0.4 is 21.3 Å². The summed E-state index contributed by atoms with van der Waals surface area (Å²) in [5.41, 5.74) is 5.34. The molecule has 6 bridgehead atoms. The Labute approximate surface area is 249 Å². The van der Waals surface area contributed by atoms with Crippen LogP contribution in [0.15, 0.2) is 91.1 Å². The number of fused-ring (bicyclic) bond motifs is 7. The van der Waals surface area contributed by atoms with E-state index >= 15 is 0 Å². The van der Waals surface area contributed by atoms with Crippen LogP contribution in [-0.2, 0) is 17.6 Å². The van der Waals surface area contributed by atoms with Crippen molar-refractivity contribution in [3.8, 4) is 0 Å². The average molecular weight is 605 g/mol. The van der Waals surface area contributed by atoms with Gasteiger partial charge in [0, 0.05) is 22.4 Å². The van der Waals surface area contributed by atoms with E-state index in [0.29, 0.717) is 16.8 Å². The van der Waals surface area contributed by atoms with Crippen molar-refractivity contribution in [1.29, 1.82) is 0 Å². The number of halogens is 4. The maximum absolute atomic E-state index is 13.0. The van der Waals surface area contributed by atoms with Gasteiger partial charge in [0.1, 0.15) is 5.02 Å². The number of nitrogens with one attached hydrogen (secondary N) is 4. The Bertz CT molecular complexity index is 1790. The molecule has 1 aliphatic rings. The van der Waals surface area contributed by atoms with Crippen molar-refractivity contribution in [2.24, 2.45) is 0 Å². The Hall–Kier alpha value is -5.16. The fourth-order valence-corrected chi connectivity index (χ4v) is 4.61. The minimum Gasteiger partial charge on any atom is -0.339 e. The number of aldehydes is 1. The van der Waals surface area contributed by atoms with Gasteiger partial charge in [-0.3, -0.25) is 4.79 Å². The van der Waals surface area contributed by atoms with E-state index in [2.05, 4.69) is 43.4 Å². The number of benzene rings is 4. The molecular formula is C31H24ClF3N6O2. The second-order valence-electron chi connectivity index (χ2n) is 9.48. The molecule has 0 aliphatic carbocycles. The molecule has 0 atom stereocenters. The minimum atomic E-state index is -4.64. The molecule has 0 unspecified atom stereocenters. The number of hydrogen-bond acceptors (Lipinski definition) is 6. The van der Waals surface area contributed by atoms with Crippen LogP contribution in [-0.4, -0.2) is 28.5 Å². The lowest BCUT2D eigenvalue weighted by Gasteiger charge is -2.15. The van der Waals surface area contributed by atoms with Gasteiger partial charge in [-0.15, -0.1) is 0 Å². The topological polar surface area (TPSA) is 108 Å². The fraction of sp³-hybridized carbons (Fsp3) is 0.0968. The summed E-state index contributed by atoms with van der Waals surface area (Å²) in [5, 5.41) is 15.0. The predicted octanol–water partition coefficient (Wildman–Crippen LogP) is 8.26. The van der Waals surface area contributed by atoms with Crippen LogP contribution in [0.5, 0.6) is 0 Å². The summed E-state index contributed by atoms with van der Waals surface area (Å²) >= 11 is 6.37. The largest absolute Gasteiger partial charge is 0.446 e. The molecule has 2 heterocycles. The molecule has 0 saturated heterocycles. The summed E-state index contributed by atoms with van der Waals surface area (Å²) in [4.78, 5) is 30.6. The molecule has 0 radical (unpaired) electrons. The van der Waals surface area contributed by atoms with Gasteiger partial charge in [0.05, 0.1) is 11.9 Å². The maximum Gasteiger partial charge on any atom is 0.446 e. The second-order valence-corrected chi connectivity index (χ2v) is 9.88. The van der Waals surface area contributed by atoms with E-state index in [1.165, 1.54) is 0 Å². The molecule has 1 aromatic heterocycles. The highest BCUT2D eigenvalue weighted by Crippen LogP contribution is 2.30. The van der Waals surface area contributed by atoms with Gasteiger partial charge in [0.15, 0.2) is 5.82 Å². The standard InChI is InChI=1S/C29H23ClN6O.C2HF3O/c30-24-17-31-28-33-21-8-3-5-18(15-21)11-12-20-16-22(32-27(24)36-28)13-14-25(20)34-29(37)35-26-10-4-7-19-6-1-2-9-23(19)26;3-2(4,5)1-6/h1-10,13-17H,11-12H2,(H2,34,35,37)(H2,31,32,33,36);1H. The highest BCUT2D eigenvalue weighted by Gasteiger charge is 2.25. The molecule has 6 rings (SSSR count). The molecule has 8 nitrogen and oxygen atoms in total.